The van der Waals surface area contributed by atoms with Crippen molar-refractivity contribution in [1.82, 2.24) is 5.32 Å². The van der Waals surface area contributed by atoms with Gasteiger partial charge in [0.25, 0.3) is 0 Å². The molecule has 0 aromatic carbocycles. The topological polar surface area (TPSA) is 69.6 Å². The van der Waals surface area contributed by atoms with Gasteiger partial charge in [0.15, 0.2) is 0 Å². The maximum absolute atomic E-state index is 12.4. The van der Waals surface area contributed by atoms with Gasteiger partial charge in [-0.05, 0) is 109 Å². The van der Waals surface area contributed by atoms with E-state index in [4.69, 9.17) is 0 Å². The Bertz CT molecular complexity index is 1370. The zero-order valence-electron chi connectivity index (χ0n) is 43.6. The fraction of sp³-hybridized carbons (Fsp3) is 0.635. The van der Waals surface area contributed by atoms with Gasteiger partial charge in [0, 0.05) is 6.42 Å². The molecule has 0 aromatic heterocycles. The number of nitrogens with one attached hydrogen (secondary N) is 1. The molecule has 0 saturated carbocycles. The van der Waals surface area contributed by atoms with Crippen molar-refractivity contribution >= 4 is 5.91 Å². The minimum atomic E-state index is -0.876. The first-order valence-electron chi connectivity index (χ1n) is 27.9. The lowest BCUT2D eigenvalue weighted by Crippen LogP contribution is -2.45. The number of unbranched alkanes of at least 4 members (excludes halogenated alkanes) is 22. The summed E-state index contributed by atoms with van der Waals surface area (Å²) in [6, 6.07) is -0.651. The molecule has 0 spiro atoms. The molecule has 0 aliphatic rings. The molecule has 2 atom stereocenters. The first-order valence-corrected chi connectivity index (χ1v) is 27.9. The monoisotopic (exact) mass is 924 g/mol. The lowest BCUT2D eigenvalue weighted by molar-refractivity contribution is -0.123. The zero-order valence-corrected chi connectivity index (χ0v) is 43.6. The second-order valence-electron chi connectivity index (χ2n) is 18.2. The van der Waals surface area contributed by atoms with Crippen LogP contribution in [-0.2, 0) is 4.79 Å². The van der Waals surface area contributed by atoms with Crippen LogP contribution in [0.1, 0.15) is 239 Å². The standard InChI is InChI=1S/C63H105NO3/c1-3-5-7-9-11-13-15-17-19-20-21-22-23-24-25-26-27-28-29-30-31-32-33-34-35-36-37-38-39-40-41-42-43-44-45-47-49-51-53-55-57-59-63(67)64-61(60-65)62(66)58-56-54-52-50-48-46-18-16-14-12-10-8-6-4-2/h5,7,11,13-14,16-17,19,21-22,24-25,27-28,30-31,33-34,48,50,56,58,61-62,65-66H,3-4,6,8-10,12,15,18,20,23,26,29,32,35-47,49,51-55,57,59-60H2,1-2H3,(H,64,67)/b7-5-,13-11-,16-14+,19-17-,22-21-,25-24-,28-27-,31-30-,34-33-,50-48+,58-56+. The number of carbonyl (C=O) groups is 1. The third kappa shape index (κ3) is 53.4. The fourth-order valence-corrected chi connectivity index (χ4v) is 7.64. The summed E-state index contributed by atoms with van der Waals surface area (Å²) in [4.78, 5) is 12.4. The van der Waals surface area contributed by atoms with Gasteiger partial charge in [-0.2, -0.15) is 0 Å². The number of hydrogen-bond donors (Lipinski definition) is 3. The summed E-state index contributed by atoms with van der Waals surface area (Å²) in [6.07, 6.45) is 89.0. The van der Waals surface area contributed by atoms with E-state index in [0.717, 1.165) is 89.9 Å². The highest BCUT2D eigenvalue weighted by atomic mass is 16.3. The molecule has 67 heavy (non-hydrogen) atoms. The Morgan fingerprint density at radius 3 is 1.04 bits per heavy atom. The minimum absolute atomic E-state index is 0.0827. The van der Waals surface area contributed by atoms with Crippen molar-refractivity contribution in [3.63, 3.8) is 0 Å². The summed E-state index contributed by atoms with van der Waals surface area (Å²) in [6.45, 7) is 4.15. The Hall–Kier alpha value is -3.47. The Balaban J connectivity index is 3.55. The highest BCUT2D eigenvalue weighted by molar-refractivity contribution is 5.76. The van der Waals surface area contributed by atoms with Gasteiger partial charge < -0.3 is 15.5 Å². The Labute approximate surface area is 415 Å². The van der Waals surface area contributed by atoms with Crippen molar-refractivity contribution in [3.8, 4) is 0 Å². The summed E-state index contributed by atoms with van der Waals surface area (Å²) in [7, 11) is 0. The van der Waals surface area contributed by atoms with Gasteiger partial charge in [-0.3, -0.25) is 4.79 Å². The van der Waals surface area contributed by atoms with E-state index in [1.165, 1.54) is 128 Å². The summed E-state index contributed by atoms with van der Waals surface area (Å²) in [5.41, 5.74) is 0. The predicted molar refractivity (Wildman–Crippen MR) is 299 cm³/mol. The van der Waals surface area contributed by atoms with Crippen LogP contribution < -0.4 is 5.32 Å². The van der Waals surface area contributed by atoms with Crippen LogP contribution in [0.2, 0.25) is 0 Å². The van der Waals surface area contributed by atoms with E-state index in [1.54, 1.807) is 6.08 Å². The van der Waals surface area contributed by atoms with Crippen LogP contribution in [0, 0.1) is 0 Å². The molecule has 3 N–H and O–H groups in total. The van der Waals surface area contributed by atoms with Crippen molar-refractivity contribution in [3.05, 3.63) is 134 Å². The molecule has 0 rings (SSSR count). The lowest BCUT2D eigenvalue weighted by atomic mass is 10.0. The number of allylic oxidation sites excluding steroid dienone is 21. The summed E-state index contributed by atoms with van der Waals surface area (Å²) < 4.78 is 0. The second kappa shape index (κ2) is 56.9. The molecule has 0 fully saturated rings. The maximum atomic E-state index is 12.4. The summed E-state index contributed by atoms with van der Waals surface area (Å²) >= 11 is 0. The van der Waals surface area contributed by atoms with Crippen LogP contribution in [-0.4, -0.2) is 34.9 Å². The van der Waals surface area contributed by atoms with Crippen LogP contribution in [0.15, 0.2) is 134 Å². The molecule has 4 heteroatoms. The number of hydrogen-bond acceptors (Lipinski definition) is 3. The average Bonchev–Trinajstić information content (AvgIpc) is 3.33. The second-order valence-corrected chi connectivity index (χ2v) is 18.2. The van der Waals surface area contributed by atoms with E-state index in [0.29, 0.717) is 6.42 Å². The van der Waals surface area contributed by atoms with Crippen molar-refractivity contribution in [2.45, 2.75) is 251 Å². The molecule has 0 aliphatic heterocycles. The SMILES string of the molecule is CC/C=C\C/C=C\C/C=C\C/C=C\C/C=C\C/C=C\C/C=C\C/C=C\CCCCCCCCCCCCCCCCCCC(=O)NC(CO)C(O)/C=C/CC/C=C/CC/C=C/CCCCCC. The number of aliphatic hydroxyl groups excluding tert-OH is 2. The number of aliphatic hydroxyl groups is 2. The molecule has 0 aromatic rings. The predicted octanol–water partition coefficient (Wildman–Crippen LogP) is 18.6. The van der Waals surface area contributed by atoms with Crippen molar-refractivity contribution in [2.75, 3.05) is 6.61 Å². The maximum Gasteiger partial charge on any atom is 0.220 e. The highest BCUT2D eigenvalue weighted by Crippen LogP contribution is 2.15. The van der Waals surface area contributed by atoms with E-state index < -0.39 is 12.1 Å². The molecule has 1 amide bonds. The summed E-state index contributed by atoms with van der Waals surface area (Å²) in [5.74, 6) is -0.0827. The van der Waals surface area contributed by atoms with Crippen LogP contribution in [0.3, 0.4) is 0 Å². The number of amides is 1. The van der Waals surface area contributed by atoms with Gasteiger partial charge in [-0.25, -0.2) is 0 Å². The van der Waals surface area contributed by atoms with Gasteiger partial charge in [0.1, 0.15) is 0 Å². The molecular formula is C63H105NO3. The molecule has 0 bridgehead atoms. The summed E-state index contributed by atoms with van der Waals surface area (Å²) in [5, 5.41) is 23.0. The van der Waals surface area contributed by atoms with Crippen LogP contribution in [0.25, 0.3) is 0 Å². The molecule has 0 saturated heterocycles. The first-order chi connectivity index (χ1) is 33.2. The lowest BCUT2D eigenvalue weighted by Gasteiger charge is -2.19. The van der Waals surface area contributed by atoms with E-state index in [1.807, 2.05) is 6.08 Å². The quantitative estimate of drug-likeness (QED) is 0.0421. The van der Waals surface area contributed by atoms with Crippen molar-refractivity contribution in [2.24, 2.45) is 0 Å². The smallest absolute Gasteiger partial charge is 0.220 e. The Kier molecular flexibility index (Phi) is 53.9. The Morgan fingerprint density at radius 2 is 0.672 bits per heavy atom. The van der Waals surface area contributed by atoms with Gasteiger partial charge >= 0.3 is 0 Å². The van der Waals surface area contributed by atoms with Gasteiger partial charge in [-0.15, -0.1) is 0 Å². The van der Waals surface area contributed by atoms with E-state index in [9.17, 15) is 15.0 Å². The average molecular weight is 925 g/mol. The van der Waals surface area contributed by atoms with Gasteiger partial charge in [-0.1, -0.05) is 257 Å². The number of rotatable bonds is 49. The largest absolute Gasteiger partial charge is 0.394 e. The van der Waals surface area contributed by atoms with Crippen LogP contribution >= 0.6 is 0 Å². The molecule has 0 aliphatic carbocycles. The van der Waals surface area contributed by atoms with E-state index in [2.05, 4.69) is 141 Å². The number of carbonyl (C=O) groups excluding carboxylic acids is 1. The molecule has 0 radical (unpaired) electrons. The van der Waals surface area contributed by atoms with E-state index >= 15 is 0 Å². The van der Waals surface area contributed by atoms with Gasteiger partial charge in [0.2, 0.25) is 5.91 Å². The van der Waals surface area contributed by atoms with Gasteiger partial charge in [0.05, 0.1) is 18.8 Å². The fourth-order valence-electron chi connectivity index (χ4n) is 7.64. The van der Waals surface area contributed by atoms with Crippen molar-refractivity contribution < 1.29 is 15.0 Å². The van der Waals surface area contributed by atoms with Crippen molar-refractivity contribution in [1.29, 1.82) is 0 Å². The molecular weight excluding hydrogens is 819 g/mol. The van der Waals surface area contributed by atoms with Crippen LogP contribution in [0.4, 0.5) is 0 Å². The third-order valence-electron chi connectivity index (χ3n) is 11.8. The highest BCUT2D eigenvalue weighted by Gasteiger charge is 2.17. The Morgan fingerprint density at radius 1 is 0.373 bits per heavy atom. The zero-order chi connectivity index (χ0) is 48.5. The third-order valence-corrected chi connectivity index (χ3v) is 11.8. The molecule has 0 heterocycles. The normalized spacial score (nSPS) is 13.9. The molecule has 2 unspecified atom stereocenters. The first kappa shape index (κ1) is 63.5. The van der Waals surface area contributed by atoms with Crippen LogP contribution in [0.5, 0.6) is 0 Å². The minimum Gasteiger partial charge on any atom is -0.394 e. The molecule has 4 nitrogen and oxygen atoms in total. The molecule has 380 valence electrons. The van der Waals surface area contributed by atoms with E-state index in [-0.39, 0.29) is 12.5 Å².